The molecule has 1 aromatic rings. The topological polar surface area (TPSA) is 131 Å². The first-order chi connectivity index (χ1) is 10.0. The maximum Gasteiger partial charge on any atom is 0.305 e. The number of furan rings is 1. The number of hydrogen-bond acceptors (Lipinski definition) is 5. The molecule has 0 spiro atoms. The van der Waals surface area contributed by atoms with Crippen molar-refractivity contribution in [3.05, 3.63) is 17.6 Å². The fourth-order valence-electron chi connectivity index (χ4n) is 1.96. The molecule has 8 nitrogen and oxygen atoms in total. The van der Waals surface area contributed by atoms with E-state index >= 15 is 0 Å². The molecule has 0 radical (unpaired) electrons. The van der Waals surface area contributed by atoms with E-state index in [9.17, 15) is 18.0 Å². The minimum atomic E-state index is -3.98. The van der Waals surface area contributed by atoms with Crippen LogP contribution >= 0.6 is 0 Å². The molecule has 1 rings (SSSR count). The Bertz CT molecular complexity index is 662. The highest BCUT2D eigenvalue weighted by molar-refractivity contribution is 7.89. The first-order valence-electron chi connectivity index (χ1n) is 6.66. The van der Waals surface area contributed by atoms with Crippen LogP contribution in [0.4, 0.5) is 0 Å². The predicted octanol–water partition coefficient (Wildman–Crippen LogP) is 0.808. The normalized spacial score (nSPS) is 11.7. The SMILES string of the molecule is Cc1oc(C(=O)N(CCC(=O)O)CC(C)C)cc1S(N)(=O)=O. The zero-order valence-corrected chi connectivity index (χ0v) is 13.5. The first kappa shape index (κ1) is 18.2. The lowest BCUT2D eigenvalue weighted by Gasteiger charge is -2.22. The van der Waals surface area contributed by atoms with Crippen LogP contribution in [-0.2, 0) is 14.8 Å². The van der Waals surface area contributed by atoms with Crippen molar-refractivity contribution in [1.82, 2.24) is 4.90 Å². The van der Waals surface area contributed by atoms with Crippen LogP contribution in [0.25, 0.3) is 0 Å². The molecule has 1 aromatic heterocycles. The third-order valence-corrected chi connectivity index (χ3v) is 3.88. The number of aryl methyl sites for hydroxylation is 1. The van der Waals surface area contributed by atoms with Gasteiger partial charge in [-0.05, 0) is 12.8 Å². The Kier molecular flexibility index (Phi) is 5.72. The molecule has 0 aliphatic heterocycles. The number of primary sulfonamides is 1. The lowest BCUT2D eigenvalue weighted by Crippen LogP contribution is -2.35. The van der Waals surface area contributed by atoms with Gasteiger partial charge in [0.05, 0.1) is 6.42 Å². The number of aliphatic carboxylic acids is 1. The van der Waals surface area contributed by atoms with Crippen molar-refractivity contribution in [1.29, 1.82) is 0 Å². The van der Waals surface area contributed by atoms with Gasteiger partial charge in [0, 0.05) is 19.2 Å². The quantitative estimate of drug-likeness (QED) is 0.759. The molecule has 0 aromatic carbocycles. The molecule has 0 aliphatic carbocycles. The van der Waals surface area contributed by atoms with Crippen LogP contribution in [0.2, 0.25) is 0 Å². The van der Waals surface area contributed by atoms with Crippen LogP contribution in [0.3, 0.4) is 0 Å². The molecule has 0 fully saturated rings. The molecule has 0 aliphatic rings. The van der Waals surface area contributed by atoms with Gasteiger partial charge in [0.2, 0.25) is 10.0 Å². The fraction of sp³-hybridized carbons (Fsp3) is 0.538. The van der Waals surface area contributed by atoms with E-state index in [4.69, 9.17) is 14.7 Å². The van der Waals surface area contributed by atoms with Crippen LogP contribution in [0, 0.1) is 12.8 Å². The van der Waals surface area contributed by atoms with E-state index in [1.54, 1.807) is 0 Å². The van der Waals surface area contributed by atoms with Crippen LogP contribution in [0.15, 0.2) is 15.4 Å². The molecular formula is C13H20N2O6S. The van der Waals surface area contributed by atoms with Gasteiger partial charge < -0.3 is 14.4 Å². The molecule has 22 heavy (non-hydrogen) atoms. The minimum Gasteiger partial charge on any atom is -0.481 e. The Hall–Kier alpha value is -1.87. The third kappa shape index (κ3) is 4.85. The number of nitrogens with zero attached hydrogens (tertiary/aromatic N) is 1. The van der Waals surface area contributed by atoms with Crippen LogP contribution in [0.5, 0.6) is 0 Å². The first-order valence-corrected chi connectivity index (χ1v) is 8.21. The van der Waals surface area contributed by atoms with E-state index in [-0.39, 0.29) is 35.3 Å². The molecule has 3 N–H and O–H groups in total. The predicted molar refractivity (Wildman–Crippen MR) is 77.8 cm³/mol. The van der Waals surface area contributed by atoms with Gasteiger partial charge >= 0.3 is 5.97 Å². The smallest absolute Gasteiger partial charge is 0.305 e. The Labute approximate surface area is 128 Å². The second-order valence-electron chi connectivity index (χ2n) is 5.36. The van der Waals surface area contributed by atoms with Crippen molar-refractivity contribution in [3.8, 4) is 0 Å². The molecular weight excluding hydrogens is 312 g/mol. The number of carbonyl (C=O) groups excluding carboxylic acids is 1. The molecule has 1 heterocycles. The summed E-state index contributed by atoms with van der Waals surface area (Å²) < 4.78 is 27.9. The number of nitrogens with two attached hydrogens (primary N) is 1. The highest BCUT2D eigenvalue weighted by atomic mass is 32.2. The maximum atomic E-state index is 12.4. The summed E-state index contributed by atoms with van der Waals surface area (Å²) in [7, 11) is -3.98. The Morgan fingerprint density at radius 2 is 2.00 bits per heavy atom. The Morgan fingerprint density at radius 3 is 2.41 bits per heavy atom. The molecule has 0 bridgehead atoms. The number of carboxylic acid groups (broad SMARTS) is 1. The number of carboxylic acids is 1. The maximum absolute atomic E-state index is 12.4. The Morgan fingerprint density at radius 1 is 1.41 bits per heavy atom. The van der Waals surface area contributed by atoms with Crippen molar-refractivity contribution in [2.45, 2.75) is 32.1 Å². The number of amides is 1. The van der Waals surface area contributed by atoms with Crippen molar-refractivity contribution in [2.75, 3.05) is 13.1 Å². The number of sulfonamides is 1. The molecule has 0 saturated heterocycles. The van der Waals surface area contributed by atoms with Crippen molar-refractivity contribution in [2.24, 2.45) is 11.1 Å². The van der Waals surface area contributed by atoms with E-state index < -0.39 is 21.9 Å². The summed E-state index contributed by atoms with van der Waals surface area (Å²) >= 11 is 0. The van der Waals surface area contributed by atoms with Gasteiger partial charge in [-0.15, -0.1) is 0 Å². The molecule has 1 amide bonds. The summed E-state index contributed by atoms with van der Waals surface area (Å²) in [5.41, 5.74) is 0. The Balaban J connectivity index is 3.05. The summed E-state index contributed by atoms with van der Waals surface area (Å²) in [5.74, 6) is -1.62. The zero-order chi connectivity index (χ0) is 17.1. The largest absolute Gasteiger partial charge is 0.481 e. The zero-order valence-electron chi connectivity index (χ0n) is 12.7. The van der Waals surface area contributed by atoms with E-state index in [0.29, 0.717) is 6.54 Å². The standard InChI is InChI=1S/C13H20N2O6S/c1-8(2)7-15(5-4-12(16)17)13(18)10-6-11(9(3)21-10)22(14,19)20/h6,8H,4-5,7H2,1-3H3,(H,16,17)(H2,14,19,20). The number of rotatable bonds is 7. The average Bonchev–Trinajstić information content (AvgIpc) is 2.75. The summed E-state index contributed by atoms with van der Waals surface area (Å²) in [5, 5.41) is 13.8. The molecule has 9 heteroatoms. The highest BCUT2D eigenvalue weighted by Crippen LogP contribution is 2.20. The monoisotopic (exact) mass is 332 g/mol. The van der Waals surface area contributed by atoms with E-state index in [0.717, 1.165) is 6.07 Å². The van der Waals surface area contributed by atoms with E-state index in [1.807, 2.05) is 13.8 Å². The van der Waals surface area contributed by atoms with Gasteiger partial charge in [0.1, 0.15) is 10.7 Å². The molecule has 124 valence electrons. The number of carbonyl (C=O) groups is 2. The van der Waals surface area contributed by atoms with Crippen molar-refractivity contribution < 1.29 is 27.5 Å². The van der Waals surface area contributed by atoms with Gasteiger partial charge in [-0.25, -0.2) is 13.6 Å². The van der Waals surface area contributed by atoms with Crippen molar-refractivity contribution >= 4 is 21.9 Å². The van der Waals surface area contributed by atoms with E-state index in [2.05, 4.69) is 0 Å². The van der Waals surface area contributed by atoms with Crippen LogP contribution < -0.4 is 5.14 Å². The minimum absolute atomic E-state index is 0.0107. The fourth-order valence-corrected chi connectivity index (χ4v) is 2.67. The lowest BCUT2D eigenvalue weighted by atomic mass is 10.2. The summed E-state index contributed by atoms with van der Waals surface area (Å²) in [6.07, 6.45) is -0.208. The van der Waals surface area contributed by atoms with Crippen LogP contribution in [0.1, 0.15) is 36.6 Å². The second kappa shape index (κ2) is 6.93. The summed E-state index contributed by atoms with van der Waals surface area (Å²) in [6.45, 7) is 5.49. The van der Waals surface area contributed by atoms with Gasteiger partial charge in [-0.2, -0.15) is 0 Å². The summed E-state index contributed by atoms with van der Waals surface area (Å²) in [6, 6.07) is 1.07. The van der Waals surface area contributed by atoms with Gasteiger partial charge in [-0.1, -0.05) is 13.8 Å². The van der Waals surface area contributed by atoms with E-state index in [1.165, 1.54) is 11.8 Å². The molecule has 0 saturated carbocycles. The van der Waals surface area contributed by atoms with Gasteiger partial charge in [-0.3, -0.25) is 9.59 Å². The average molecular weight is 332 g/mol. The number of hydrogen-bond donors (Lipinski definition) is 2. The van der Waals surface area contributed by atoms with Crippen LogP contribution in [-0.4, -0.2) is 43.4 Å². The van der Waals surface area contributed by atoms with Gasteiger partial charge in [0.15, 0.2) is 5.76 Å². The molecule has 0 unspecified atom stereocenters. The van der Waals surface area contributed by atoms with Gasteiger partial charge in [0.25, 0.3) is 5.91 Å². The van der Waals surface area contributed by atoms with Crippen molar-refractivity contribution in [3.63, 3.8) is 0 Å². The molecule has 0 atom stereocenters. The summed E-state index contributed by atoms with van der Waals surface area (Å²) in [4.78, 5) is 24.1. The highest BCUT2D eigenvalue weighted by Gasteiger charge is 2.25. The third-order valence-electron chi connectivity index (χ3n) is 2.86. The second-order valence-corrected chi connectivity index (χ2v) is 6.89. The lowest BCUT2D eigenvalue weighted by molar-refractivity contribution is -0.137.